The summed E-state index contributed by atoms with van der Waals surface area (Å²) in [7, 11) is 0. The van der Waals surface area contributed by atoms with Crippen molar-refractivity contribution in [1.29, 1.82) is 0 Å². The SMILES string of the molecule is Nc1nc2ccccc2cc1COc1cccc(Cl)c1F. The van der Waals surface area contributed by atoms with Gasteiger partial charge in [0, 0.05) is 10.9 Å². The third-order valence-corrected chi connectivity index (χ3v) is 3.43. The lowest BCUT2D eigenvalue weighted by molar-refractivity contribution is 0.291. The van der Waals surface area contributed by atoms with E-state index in [1.165, 1.54) is 12.1 Å². The quantitative estimate of drug-likeness (QED) is 0.789. The molecule has 0 saturated heterocycles. The lowest BCUT2D eigenvalue weighted by Crippen LogP contribution is -2.03. The molecule has 0 aliphatic rings. The first kappa shape index (κ1) is 13.6. The van der Waals surface area contributed by atoms with E-state index in [-0.39, 0.29) is 17.4 Å². The molecule has 2 N–H and O–H groups in total. The largest absolute Gasteiger partial charge is 0.486 e. The van der Waals surface area contributed by atoms with Crippen molar-refractivity contribution in [3.05, 3.63) is 64.9 Å². The Labute approximate surface area is 126 Å². The van der Waals surface area contributed by atoms with Crippen molar-refractivity contribution in [3.63, 3.8) is 0 Å². The topological polar surface area (TPSA) is 48.1 Å². The number of hydrogen-bond donors (Lipinski definition) is 1. The lowest BCUT2D eigenvalue weighted by atomic mass is 10.1. The van der Waals surface area contributed by atoms with Crippen LogP contribution < -0.4 is 10.5 Å². The predicted molar refractivity (Wildman–Crippen MR) is 81.9 cm³/mol. The molecule has 0 unspecified atom stereocenters. The van der Waals surface area contributed by atoms with Crippen LogP contribution in [0.1, 0.15) is 5.56 Å². The summed E-state index contributed by atoms with van der Waals surface area (Å²) < 4.78 is 19.2. The van der Waals surface area contributed by atoms with Gasteiger partial charge in [0.15, 0.2) is 11.6 Å². The van der Waals surface area contributed by atoms with E-state index in [1.807, 2.05) is 30.3 Å². The van der Waals surface area contributed by atoms with Gasteiger partial charge in [-0.15, -0.1) is 0 Å². The van der Waals surface area contributed by atoms with Crippen LogP contribution in [0.25, 0.3) is 10.9 Å². The Balaban J connectivity index is 1.88. The summed E-state index contributed by atoms with van der Waals surface area (Å²) in [4.78, 5) is 4.31. The molecule has 1 heterocycles. The third kappa shape index (κ3) is 2.76. The van der Waals surface area contributed by atoms with Crippen molar-refractivity contribution in [2.24, 2.45) is 0 Å². The Hall–Kier alpha value is -2.33. The van der Waals surface area contributed by atoms with Crippen LogP contribution in [0, 0.1) is 5.82 Å². The molecule has 3 nitrogen and oxygen atoms in total. The number of nitrogen functional groups attached to an aromatic ring is 1. The average Bonchev–Trinajstić information content (AvgIpc) is 2.49. The summed E-state index contributed by atoms with van der Waals surface area (Å²) in [6, 6.07) is 14.1. The second-order valence-electron chi connectivity index (χ2n) is 4.57. The Kier molecular flexibility index (Phi) is 3.62. The van der Waals surface area contributed by atoms with Crippen molar-refractivity contribution in [3.8, 4) is 5.75 Å². The number of nitrogens with zero attached hydrogens (tertiary/aromatic N) is 1. The van der Waals surface area contributed by atoms with Gasteiger partial charge in [0.05, 0.1) is 10.5 Å². The Morgan fingerprint density at radius 1 is 1.14 bits per heavy atom. The minimum absolute atomic E-state index is 0.0251. The van der Waals surface area contributed by atoms with Crippen LogP contribution in [0.3, 0.4) is 0 Å². The highest BCUT2D eigenvalue weighted by atomic mass is 35.5. The van der Waals surface area contributed by atoms with Crippen LogP contribution in [0.2, 0.25) is 5.02 Å². The van der Waals surface area contributed by atoms with E-state index >= 15 is 0 Å². The number of anilines is 1. The number of nitrogens with two attached hydrogens (primary N) is 1. The fraction of sp³-hybridized carbons (Fsp3) is 0.0625. The van der Waals surface area contributed by atoms with Crippen molar-refractivity contribution < 1.29 is 9.13 Å². The van der Waals surface area contributed by atoms with Crippen molar-refractivity contribution >= 4 is 28.3 Å². The molecule has 3 rings (SSSR count). The molecule has 21 heavy (non-hydrogen) atoms. The molecule has 0 aliphatic heterocycles. The fourth-order valence-electron chi connectivity index (χ4n) is 2.04. The second kappa shape index (κ2) is 5.58. The van der Waals surface area contributed by atoms with Crippen molar-refractivity contribution in [1.82, 2.24) is 4.98 Å². The van der Waals surface area contributed by atoms with E-state index < -0.39 is 5.82 Å². The van der Waals surface area contributed by atoms with E-state index in [0.717, 1.165) is 10.9 Å². The van der Waals surface area contributed by atoms with Gasteiger partial charge in [-0.3, -0.25) is 0 Å². The summed E-state index contributed by atoms with van der Waals surface area (Å²) in [5.41, 5.74) is 7.42. The highest BCUT2D eigenvalue weighted by molar-refractivity contribution is 6.30. The van der Waals surface area contributed by atoms with Crippen LogP contribution >= 0.6 is 11.6 Å². The predicted octanol–water partition coefficient (Wildman–Crippen LogP) is 4.19. The number of halogens is 2. The number of rotatable bonds is 3. The number of para-hydroxylation sites is 1. The zero-order valence-corrected chi connectivity index (χ0v) is 11.8. The zero-order valence-electron chi connectivity index (χ0n) is 11.0. The molecule has 0 saturated carbocycles. The lowest BCUT2D eigenvalue weighted by Gasteiger charge is -2.10. The van der Waals surface area contributed by atoms with Gasteiger partial charge in [-0.05, 0) is 24.3 Å². The zero-order chi connectivity index (χ0) is 14.8. The first-order valence-electron chi connectivity index (χ1n) is 6.36. The van der Waals surface area contributed by atoms with E-state index in [2.05, 4.69) is 4.98 Å². The first-order valence-corrected chi connectivity index (χ1v) is 6.74. The Morgan fingerprint density at radius 3 is 2.81 bits per heavy atom. The monoisotopic (exact) mass is 302 g/mol. The van der Waals surface area contributed by atoms with Gasteiger partial charge in [0.1, 0.15) is 12.4 Å². The number of benzene rings is 2. The molecule has 1 aromatic heterocycles. The van der Waals surface area contributed by atoms with Gasteiger partial charge in [-0.25, -0.2) is 9.37 Å². The summed E-state index contributed by atoms with van der Waals surface area (Å²) in [6.07, 6.45) is 0. The molecule has 0 atom stereocenters. The van der Waals surface area contributed by atoms with E-state index in [0.29, 0.717) is 11.4 Å². The molecule has 0 amide bonds. The highest BCUT2D eigenvalue weighted by Crippen LogP contribution is 2.26. The van der Waals surface area contributed by atoms with Crippen molar-refractivity contribution in [2.45, 2.75) is 6.61 Å². The van der Waals surface area contributed by atoms with E-state index in [4.69, 9.17) is 22.1 Å². The van der Waals surface area contributed by atoms with Crippen molar-refractivity contribution in [2.75, 3.05) is 5.73 Å². The maximum Gasteiger partial charge on any atom is 0.183 e. The Bertz CT molecular complexity index is 807. The first-order chi connectivity index (χ1) is 10.1. The molecule has 2 aromatic carbocycles. The number of fused-ring (bicyclic) bond motifs is 1. The van der Waals surface area contributed by atoms with Gasteiger partial charge in [0.2, 0.25) is 0 Å². The standard InChI is InChI=1S/C16H12ClFN2O/c17-12-5-3-7-14(15(12)18)21-9-11-8-10-4-1-2-6-13(10)20-16(11)19/h1-8H,9H2,(H2,19,20). The van der Waals surface area contributed by atoms with Gasteiger partial charge < -0.3 is 10.5 Å². The number of ether oxygens (including phenoxy) is 1. The summed E-state index contributed by atoms with van der Waals surface area (Å²) in [5.74, 6) is -0.113. The van der Waals surface area contributed by atoms with Crippen LogP contribution in [0.5, 0.6) is 5.75 Å². The number of aromatic nitrogens is 1. The summed E-state index contributed by atoms with van der Waals surface area (Å²) >= 11 is 5.71. The summed E-state index contributed by atoms with van der Waals surface area (Å²) in [5, 5.41) is 0.981. The number of pyridine rings is 1. The molecule has 0 aliphatic carbocycles. The maximum atomic E-state index is 13.8. The minimum atomic E-state index is -0.577. The maximum absolute atomic E-state index is 13.8. The van der Waals surface area contributed by atoms with E-state index in [1.54, 1.807) is 6.07 Å². The van der Waals surface area contributed by atoms with Gasteiger partial charge in [-0.2, -0.15) is 0 Å². The van der Waals surface area contributed by atoms with Gasteiger partial charge in [0.25, 0.3) is 0 Å². The average molecular weight is 303 g/mol. The minimum Gasteiger partial charge on any atom is -0.486 e. The second-order valence-corrected chi connectivity index (χ2v) is 4.97. The van der Waals surface area contributed by atoms with Crippen LogP contribution in [0.4, 0.5) is 10.2 Å². The highest BCUT2D eigenvalue weighted by Gasteiger charge is 2.09. The van der Waals surface area contributed by atoms with Crippen LogP contribution in [0.15, 0.2) is 48.5 Å². The summed E-state index contributed by atoms with van der Waals surface area (Å²) in [6.45, 7) is 0.126. The fourth-order valence-corrected chi connectivity index (χ4v) is 2.21. The molecule has 0 fully saturated rings. The molecule has 0 radical (unpaired) electrons. The molecule has 0 spiro atoms. The van der Waals surface area contributed by atoms with Gasteiger partial charge in [-0.1, -0.05) is 35.9 Å². The molecular weight excluding hydrogens is 291 g/mol. The normalized spacial score (nSPS) is 10.8. The third-order valence-electron chi connectivity index (χ3n) is 3.14. The van der Waals surface area contributed by atoms with E-state index in [9.17, 15) is 4.39 Å². The molecular formula is C16H12ClFN2O. The molecule has 0 bridgehead atoms. The smallest absolute Gasteiger partial charge is 0.183 e. The van der Waals surface area contributed by atoms with Crippen LogP contribution in [-0.4, -0.2) is 4.98 Å². The molecule has 106 valence electrons. The molecule has 5 heteroatoms. The molecule has 3 aromatic rings. The Morgan fingerprint density at radius 2 is 1.95 bits per heavy atom. The van der Waals surface area contributed by atoms with Crippen LogP contribution in [-0.2, 0) is 6.61 Å². The van der Waals surface area contributed by atoms with Gasteiger partial charge >= 0.3 is 0 Å². The number of hydrogen-bond acceptors (Lipinski definition) is 3.